The molecule has 2 heteroatoms. The molecule has 2 nitrogen and oxygen atoms in total. The van der Waals surface area contributed by atoms with Gasteiger partial charge < -0.3 is 4.74 Å². The number of ether oxygens (including phenoxy) is 1. The standard InChI is InChI=1S/C15H28O2/c1-6-14(5)15(16)17-11-10-13(4)9-7-8-12(2)3/h8,13-14H,6-7,9-11H2,1-5H3. The minimum Gasteiger partial charge on any atom is -0.465 e. The maximum atomic E-state index is 11.4. The molecule has 17 heavy (non-hydrogen) atoms. The maximum absolute atomic E-state index is 11.4. The van der Waals surface area contributed by atoms with Crippen LogP contribution in [0, 0.1) is 11.8 Å². The molecular formula is C15H28O2. The molecule has 0 aliphatic rings. The predicted octanol–water partition coefficient (Wildman–Crippen LogP) is 4.35. The topological polar surface area (TPSA) is 26.3 Å². The van der Waals surface area contributed by atoms with E-state index in [-0.39, 0.29) is 11.9 Å². The maximum Gasteiger partial charge on any atom is 0.308 e. The summed E-state index contributed by atoms with van der Waals surface area (Å²) in [5.41, 5.74) is 1.38. The zero-order chi connectivity index (χ0) is 13.3. The summed E-state index contributed by atoms with van der Waals surface area (Å²) in [6, 6.07) is 0. The van der Waals surface area contributed by atoms with Crippen molar-refractivity contribution in [3.05, 3.63) is 11.6 Å². The fourth-order valence-electron chi connectivity index (χ4n) is 1.47. The van der Waals surface area contributed by atoms with E-state index >= 15 is 0 Å². The van der Waals surface area contributed by atoms with E-state index in [4.69, 9.17) is 4.74 Å². The van der Waals surface area contributed by atoms with Gasteiger partial charge in [-0.2, -0.15) is 0 Å². The molecule has 0 aromatic carbocycles. The molecule has 0 aromatic rings. The van der Waals surface area contributed by atoms with Gasteiger partial charge in [-0.3, -0.25) is 4.79 Å². The van der Waals surface area contributed by atoms with E-state index in [2.05, 4.69) is 26.8 Å². The Hall–Kier alpha value is -0.790. The molecule has 0 fully saturated rings. The van der Waals surface area contributed by atoms with Crippen LogP contribution in [0.25, 0.3) is 0 Å². The number of hydrogen-bond acceptors (Lipinski definition) is 2. The molecule has 0 aliphatic carbocycles. The van der Waals surface area contributed by atoms with E-state index in [0.29, 0.717) is 12.5 Å². The first-order valence-corrected chi connectivity index (χ1v) is 6.77. The lowest BCUT2D eigenvalue weighted by molar-refractivity contribution is -0.148. The summed E-state index contributed by atoms with van der Waals surface area (Å²) in [6.07, 6.45) is 6.39. The normalized spacial score (nSPS) is 13.9. The summed E-state index contributed by atoms with van der Waals surface area (Å²) in [5.74, 6) is 0.607. The van der Waals surface area contributed by atoms with Crippen LogP contribution in [0.1, 0.15) is 60.3 Å². The molecular weight excluding hydrogens is 212 g/mol. The highest BCUT2D eigenvalue weighted by atomic mass is 16.5. The monoisotopic (exact) mass is 240 g/mol. The third-order valence-electron chi connectivity index (χ3n) is 3.08. The second kappa shape index (κ2) is 9.26. The van der Waals surface area contributed by atoms with Gasteiger partial charge in [-0.1, -0.05) is 32.4 Å². The molecule has 100 valence electrons. The van der Waals surface area contributed by atoms with Gasteiger partial charge in [0.2, 0.25) is 0 Å². The van der Waals surface area contributed by atoms with Crippen LogP contribution in [0.15, 0.2) is 11.6 Å². The highest BCUT2D eigenvalue weighted by Crippen LogP contribution is 2.12. The first-order chi connectivity index (χ1) is 7.97. The van der Waals surface area contributed by atoms with Gasteiger partial charge in [0.15, 0.2) is 0 Å². The molecule has 0 amide bonds. The molecule has 0 bridgehead atoms. The molecule has 0 N–H and O–H groups in total. The van der Waals surface area contributed by atoms with E-state index in [1.807, 2.05) is 13.8 Å². The molecule has 0 aromatic heterocycles. The fourth-order valence-corrected chi connectivity index (χ4v) is 1.47. The fraction of sp³-hybridized carbons (Fsp3) is 0.800. The summed E-state index contributed by atoms with van der Waals surface area (Å²) in [7, 11) is 0. The van der Waals surface area contributed by atoms with Crippen molar-refractivity contribution in [1.82, 2.24) is 0 Å². The van der Waals surface area contributed by atoms with Gasteiger partial charge in [-0.25, -0.2) is 0 Å². The van der Waals surface area contributed by atoms with Crippen LogP contribution in [0.3, 0.4) is 0 Å². The third-order valence-corrected chi connectivity index (χ3v) is 3.08. The number of rotatable bonds is 8. The van der Waals surface area contributed by atoms with Crippen molar-refractivity contribution in [3.8, 4) is 0 Å². The Kier molecular flexibility index (Phi) is 8.83. The quantitative estimate of drug-likeness (QED) is 0.466. The van der Waals surface area contributed by atoms with E-state index in [9.17, 15) is 4.79 Å². The van der Waals surface area contributed by atoms with Crippen molar-refractivity contribution in [2.24, 2.45) is 11.8 Å². The van der Waals surface area contributed by atoms with Crippen LogP contribution >= 0.6 is 0 Å². The van der Waals surface area contributed by atoms with Crippen molar-refractivity contribution >= 4 is 5.97 Å². The Morgan fingerprint density at radius 3 is 2.41 bits per heavy atom. The predicted molar refractivity (Wildman–Crippen MR) is 72.9 cm³/mol. The Bertz CT molecular complexity index is 239. The molecule has 0 saturated carbocycles. The van der Waals surface area contributed by atoms with Crippen molar-refractivity contribution in [1.29, 1.82) is 0 Å². The van der Waals surface area contributed by atoms with Crippen molar-refractivity contribution in [3.63, 3.8) is 0 Å². The number of allylic oxidation sites excluding steroid dienone is 2. The lowest BCUT2D eigenvalue weighted by atomic mass is 10.0. The number of carbonyl (C=O) groups excluding carboxylic acids is 1. The first-order valence-electron chi connectivity index (χ1n) is 6.77. The van der Waals surface area contributed by atoms with Gasteiger partial charge >= 0.3 is 5.97 Å². The summed E-state index contributed by atoms with van der Waals surface area (Å²) < 4.78 is 5.24. The largest absolute Gasteiger partial charge is 0.465 e. The second-order valence-corrected chi connectivity index (χ2v) is 5.23. The lowest BCUT2D eigenvalue weighted by Crippen LogP contribution is -2.15. The number of hydrogen-bond donors (Lipinski definition) is 0. The van der Waals surface area contributed by atoms with Gasteiger partial charge in [-0.15, -0.1) is 0 Å². The molecule has 0 saturated heterocycles. The van der Waals surface area contributed by atoms with Crippen LogP contribution in [-0.2, 0) is 9.53 Å². The van der Waals surface area contributed by atoms with E-state index in [1.54, 1.807) is 0 Å². The molecule has 2 unspecified atom stereocenters. The van der Waals surface area contributed by atoms with Gasteiger partial charge in [0.05, 0.1) is 12.5 Å². The zero-order valence-corrected chi connectivity index (χ0v) is 12.1. The molecule has 0 spiro atoms. The summed E-state index contributed by atoms with van der Waals surface area (Å²) in [4.78, 5) is 11.4. The minimum atomic E-state index is -0.0519. The number of esters is 1. The van der Waals surface area contributed by atoms with Gasteiger partial charge in [0.25, 0.3) is 0 Å². The van der Waals surface area contributed by atoms with E-state index in [1.165, 1.54) is 12.0 Å². The number of carbonyl (C=O) groups is 1. The lowest BCUT2D eigenvalue weighted by Gasteiger charge is -2.12. The van der Waals surface area contributed by atoms with E-state index in [0.717, 1.165) is 19.3 Å². The van der Waals surface area contributed by atoms with Gasteiger partial charge in [-0.05, 0) is 45.4 Å². The van der Waals surface area contributed by atoms with Gasteiger partial charge in [0.1, 0.15) is 0 Å². The molecule has 0 rings (SSSR count). The highest BCUT2D eigenvalue weighted by molar-refractivity contribution is 5.71. The summed E-state index contributed by atoms with van der Waals surface area (Å²) in [5, 5.41) is 0. The SMILES string of the molecule is CCC(C)C(=O)OCCC(C)CCC=C(C)C. The van der Waals surface area contributed by atoms with Crippen molar-refractivity contribution < 1.29 is 9.53 Å². The second-order valence-electron chi connectivity index (χ2n) is 5.23. The van der Waals surface area contributed by atoms with Crippen LogP contribution in [0.4, 0.5) is 0 Å². The van der Waals surface area contributed by atoms with Crippen LogP contribution < -0.4 is 0 Å². The Labute approximate surface area is 106 Å². The Morgan fingerprint density at radius 2 is 1.88 bits per heavy atom. The van der Waals surface area contributed by atoms with Crippen LogP contribution in [-0.4, -0.2) is 12.6 Å². The molecule has 0 aliphatic heterocycles. The average Bonchev–Trinajstić information content (AvgIpc) is 2.27. The Balaban J connectivity index is 3.61. The average molecular weight is 240 g/mol. The van der Waals surface area contributed by atoms with Crippen molar-refractivity contribution in [2.45, 2.75) is 60.3 Å². The molecule has 2 atom stereocenters. The van der Waals surface area contributed by atoms with Crippen molar-refractivity contribution in [2.75, 3.05) is 6.61 Å². The zero-order valence-electron chi connectivity index (χ0n) is 12.1. The first kappa shape index (κ1) is 16.2. The third kappa shape index (κ3) is 8.96. The highest BCUT2D eigenvalue weighted by Gasteiger charge is 2.12. The smallest absolute Gasteiger partial charge is 0.308 e. The minimum absolute atomic E-state index is 0.0379. The Morgan fingerprint density at radius 1 is 1.24 bits per heavy atom. The molecule has 0 heterocycles. The van der Waals surface area contributed by atoms with Gasteiger partial charge in [0, 0.05) is 0 Å². The summed E-state index contributed by atoms with van der Waals surface area (Å²) in [6.45, 7) is 11.0. The molecule has 0 radical (unpaired) electrons. The van der Waals surface area contributed by atoms with E-state index < -0.39 is 0 Å². The van der Waals surface area contributed by atoms with Crippen LogP contribution in [0.5, 0.6) is 0 Å². The summed E-state index contributed by atoms with van der Waals surface area (Å²) >= 11 is 0. The van der Waals surface area contributed by atoms with Crippen LogP contribution in [0.2, 0.25) is 0 Å².